The van der Waals surface area contributed by atoms with Crippen LogP contribution in [0, 0.1) is 0 Å². The van der Waals surface area contributed by atoms with E-state index in [2.05, 4.69) is 40.6 Å². The Kier molecular flexibility index (Phi) is 4.93. The Hall–Kier alpha value is -2.04. The van der Waals surface area contributed by atoms with E-state index in [9.17, 15) is 0 Å². The van der Waals surface area contributed by atoms with E-state index in [1.807, 2.05) is 35.2 Å². The zero-order valence-electron chi connectivity index (χ0n) is 12.6. The van der Waals surface area contributed by atoms with Crippen molar-refractivity contribution in [2.45, 2.75) is 19.4 Å². The van der Waals surface area contributed by atoms with Crippen molar-refractivity contribution in [2.75, 3.05) is 6.54 Å². The first-order valence-corrected chi connectivity index (χ1v) is 8.39. The number of hydrogen-bond acceptors (Lipinski definition) is 4. The molecule has 3 aromatic rings. The average Bonchev–Trinajstić information content (AvgIpc) is 3.16. The van der Waals surface area contributed by atoms with E-state index < -0.39 is 0 Å². The minimum absolute atomic E-state index is 0.438. The van der Waals surface area contributed by atoms with Gasteiger partial charge in [-0.2, -0.15) is 21.5 Å². The molecule has 1 atom stereocenters. The molecular weight excluding hydrogens is 290 g/mol. The van der Waals surface area contributed by atoms with E-state index in [1.165, 1.54) is 16.7 Å². The summed E-state index contributed by atoms with van der Waals surface area (Å²) in [5, 5.41) is 15.3. The van der Waals surface area contributed by atoms with Gasteiger partial charge in [0.25, 0.3) is 0 Å². The number of hydrogen-bond donors (Lipinski definition) is 1. The van der Waals surface area contributed by atoms with Crippen molar-refractivity contribution in [3.63, 3.8) is 0 Å². The molecule has 3 heterocycles. The molecule has 0 fully saturated rings. The third kappa shape index (κ3) is 3.59. The van der Waals surface area contributed by atoms with Gasteiger partial charge in [-0.05, 0) is 59.5 Å². The molecule has 0 saturated heterocycles. The van der Waals surface area contributed by atoms with Crippen molar-refractivity contribution < 1.29 is 0 Å². The van der Waals surface area contributed by atoms with Crippen LogP contribution in [-0.2, 0) is 6.42 Å². The van der Waals surface area contributed by atoms with Gasteiger partial charge >= 0.3 is 0 Å². The van der Waals surface area contributed by atoms with Gasteiger partial charge in [0.2, 0.25) is 0 Å². The summed E-state index contributed by atoms with van der Waals surface area (Å²) in [5.41, 5.74) is 5.21. The average molecular weight is 309 g/mol. The van der Waals surface area contributed by atoms with Crippen LogP contribution >= 0.6 is 11.3 Å². The maximum atomic E-state index is 3.93. The third-order valence-corrected chi connectivity index (χ3v) is 4.43. The number of rotatable bonds is 1. The van der Waals surface area contributed by atoms with Crippen LogP contribution in [0.5, 0.6) is 0 Å². The molecule has 1 unspecified atom stereocenters. The molecule has 0 amide bonds. The first-order valence-electron chi connectivity index (χ1n) is 7.45. The van der Waals surface area contributed by atoms with Gasteiger partial charge < -0.3 is 5.32 Å². The third-order valence-electron chi connectivity index (χ3n) is 3.80. The smallest absolute Gasteiger partial charge is 0.0574 e. The summed E-state index contributed by atoms with van der Waals surface area (Å²) < 4.78 is 0. The summed E-state index contributed by atoms with van der Waals surface area (Å²) >= 11 is 1.71. The van der Waals surface area contributed by atoms with Crippen LogP contribution in [-0.4, -0.2) is 16.7 Å². The second-order valence-electron chi connectivity index (χ2n) is 5.26. The first-order chi connectivity index (χ1) is 10.8. The Morgan fingerprint density at radius 1 is 1.09 bits per heavy atom. The number of benzene rings is 1. The van der Waals surface area contributed by atoms with Crippen molar-refractivity contribution >= 4 is 11.3 Å². The highest BCUT2D eigenvalue weighted by molar-refractivity contribution is 7.07. The van der Waals surface area contributed by atoms with E-state index in [4.69, 9.17) is 0 Å². The van der Waals surface area contributed by atoms with Crippen LogP contribution < -0.4 is 5.32 Å². The molecular formula is C18H19N3S. The van der Waals surface area contributed by atoms with Crippen LogP contribution in [0.3, 0.4) is 0 Å². The molecule has 112 valence electrons. The molecule has 0 saturated carbocycles. The molecule has 0 spiro atoms. The van der Waals surface area contributed by atoms with Gasteiger partial charge in [0.15, 0.2) is 0 Å². The lowest BCUT2D eigenvalue weighted by Gasteiger charge is -2.24. The van der Waals surface area contributed by atoms with Crippen LogP contribution in [0.15, 0.2) is 59.6 Å². The topological polar surface area (TPSA) is 37.8 Å². The largest absolute Gasteiger partial charge is 0.310 e. The van der Waals surface area contributed by atoms with Crippen molar-refractivity contribution in [2.24, 2.45) is 0 Å². The second-order valence-corrected chi connectivity index (χ2v) is 6.08. The molecule has 0 bridgehead atoms. The fourth-order valence-corrected chi connectivity index (χ4v) is 3.08. The lowest BCUT2D eigenvalue weighted by atomic mass is 9.92. The second kappa shape index (κ2) is 7.29. The van der Waals surface area contributed by atoms with Gasteiger partial charge in [-0.3, -0.25) is 0 Å². The normalized spacial score (nSPS) is 16.3. The Morgan fingerprint density at radius 3 is 2.64 bits per heavy atom. The number of fused-ring (bicyclic) bond motifs is 1. The zero-order valence-corrected chi connectivity index (χ0v) is 13.4. The van der Waals surface area contributed by atoms with Gasteiger partial charge in [-0.15, -0.1) is 0 Å². The highest BCUT2D eigenvalue weighted by Gasteiger charge is 2.15. The SMILES string of the molecule is CC1NCCc2ccc(-c3ccnnc3)cc21.c1ccsc1. The maximum absolute atomic E-state index is 3.93. The minimum atomic E-state index is 0.438. The molecule has 0 aliphatic carbocycles. The molecule has 2 aromatic heterocycles. The summed E-state index contributed by atoms with van der Waals surface area (Å²) in [5.74, 6) is 0. The van der Waals surface area contributed by atoms with Crippen molar-refractivity contribution in [1.82, 2.24) is 15.5 Å². The molecule has 22 heavy (non-hydrogen) atoms. The van der Waals surface area contributed by atoms with Crippen LogP contribution in [0.4, 0.5) is 0 Å². The van der Waals surface area contributed by atoms with Gasteiger partial charge in [0.1, 0.15) is 0 Å². The van der Waals surface area contributed by atoms with Crippen LogP contribution in [0.1, 0.15) is 24.1 Å². The number of aromatic nitrogens is 2. The summed E-state index contributed by atoms with van der Waals surface area (Å²) in [6.07, 6.45) is 4.66. The monoisotopic (exact) mass is 309 g/mol. The van der Waals surface area contributed by atoms with E-state index in [-0.39, 0.29) is 0 Å². The highest BCUT2D eigenvalue weighted by atomic mass is 32.1. The number of thiophene rings is 1. The molecule has 1 aliphatic rings. The molecule has 1 aromatic carbocycles. The fraction of sp³-hybridized carbons (Fsp3) is 0.222. The van der Waals surface area contributed by atoms with Gasteiger partial charge in [-0.1, -0.05) is 24.3 Å². The van der Waals surface area contributed by atoms with E-state index in [1.54, 1.807) is 17.5 Å². The quantitative estimate of drug-likeness (QED) is 0.735. The molecule has 4 heteroatoms. The van der Waals surface area contributed by atoms with E-state index in [0.29, 0.717) is 6.04 Å². The van der Waals surface area contributed by atoms with Gasteiger partial charge in [0, 0.05) is 11.6 Å². The Labute approximate surface area is 135 Å². The van der Waals surface area contributed by atoms with Crippen molar-refractivity contribution in [3.8, 4) is 11.1 Å². The lowest BCUT2D eigenvalue weighted by molar-refractivity contribution is 0.541. The Balaban J connectivity index is 0.000000246. The highest BCUT2D eigenvalue weighted by Crippen LogP contribution is 2.27. The van der Waals surface area contributed by atoms with Gasteiger partial charge in [-0.25, -0.2) is 0 Å². The van der Waals surface area contributed by atoms with Crippen LogP contribution in [0.25, 0.3) is 11.1 Å². The number of nitrogens with zero attached hydrogens (tertiary/aromatic N) is 2. The summed E-state index contributed by atoms with van der Waals surface area (Å²) in [4.78, 5) is 0. The zero-order chi connectivity index (χ0) is 15.2. The predicted molar refractivity (Wildman–Crippen MR) is 91.9 cm³/mol. The fourth-order valence-electron chi connectivity index (χ4n) is 2.63. The molecule has 1 aliphatic heterocycles. The minimum Gasteiger partial charge on any atom is -0.310 e. The number of nitrogens with one attached hydrogen (secondary N) is 1. The summed E-state index contributed by atoms with van der Waals surface area (Å²) in [6, 6.07) is 13.2. The van der Waals surface area contributed by atoms with Crippen molar-refractivity contribution in [1.29, 1.82) is 0 Å². The van der Waals surface area contributed by atoms with Gasteiger partial charge in [0.05, 0.1) is 12.4 Å². The molecule has 1 N–H and O–H groups in total. The predicted octanol–water partition coefficient (Wildman–Crippen LogP) is 4.10. The lowest BCUT2D eigenvalue weighted by Crippen LogP contribution is -2.27. The van der Waals surface area contributed by atoms with Crippen LogP contribution in [0.2, 0.25) is 0 Å². The van der Waals surface area contributed by atoms with E-state index >= 15 is 0 Å². The van der Waals surface area contributed by atoms with E-state index in [0.717, 1.165) is 18.5 Å². The first kappa shape index (κ1) is 14.9. The Morgan fingerprint density at radius 2 is 1.95 bits per heavy atom. The molecule has 0 radical (unpaired) electrons. The molecule has 4 rings (SSSR count). The summed E-state index contributed by atoms with van der Waals surface area (Å²) in [6.45, 7) is 3.29. The standard InChI is InChI=1S/C14H15N3.C4H4S/c1-10-14-8-12(13-5-7-16-17-9-13)3-2-11(14)4-6-15-10;1-2-4-5-3-1/h2-3,5,7-10,15H,4,6H2,1H3;1-4H. The Bertz CT molecular complexity index is 678. The summed E-state index contributed by atoms with van der Waals surface area (Å²) in [7, 11) is 0. The molecule has 3 nitrogen and oxygen atoms in total. The maximum Gasteiger partial charge on any atom is 0.0574 e. The van der Waals surface area contributed by atoms with Crippen molar-refractivity contribution in [3.05, 3.63) is 70.7 Å².